The molecule has 0 aromatic carbocycles. The molecule has 0 saturated carbocycles. The van der Waals surface area contributed by atoms with Gasteiger partial charge in [0.05, 0.1) is 24.2 Å². The fourth-order valence-electron chi connectivity index (χ4n) is 4.84. The highest BCUT2D eigenvalue weighted by molar-refractivity contribution is 8.03. The zero-order chi connectivity index (χ0) is 24.7. The minimum Gasteiger partial charge on any atom is -0.477 e. The molecular formula is C24H35N2O5SSi. The average molecular weight is 492 g/mol. The second kappa shape index (κ2) is 9.89. The molecular weight excluding hydrogens is 456 g/mol. The molecule has 2 aliphatic heterocycles. The van der Waals surface area contributed by atoms with Gasteiger partial charge in [0, 0.05) is 34.4 Å². The maximum absolute atomic E-state index is 12.7. The lowest BCUT2D eigenvalue weighted by Gasteiger charge is -2.46. The number of rotatable bonds is 9. The number of carboxylic acid groups (broad SMARTS) is 1. The Labute approximate surface area is 202 Å². The molecule has 33 heavy (non-hydrogen) atoms. The number of hydrogen-bond donors (Lipinski definition) is 2. The molecule has 9 heteroatoms. The third kappa shape index (κ3) is 5.21. The van der Waals surface area contributed by atoms with Crippen LogP contribution in [0, 0.1) is 17.3 Å². The molecule has 3 heterocycles. The minimum atomic E-state index is -1.11. The number of fused-ring (bicyclic) bond motifs is 1. The van der Waals surface area contributed by atoms with Gasteiger partial charge in [0.1, 0.15) is 5.70 Å². The van der Waals surface area contributed by atoms with Crippen LogP contribution in [0.15, 0.2) is 35.0 Å². The molecule has 2 N–H and O–H groups in total. The van der Waals surface area contributed by atoms with Crippen LogP contribution in [0.4, 0.5) is 0 Å². The monoisotopic (exact) mass is 491 g/mol. The van der Waals surface area contributed by atoms with Crippen molar-refractivity contribution < 1.29 is 24.2 Å². The Kier molecular flexibility index (Phi) is 7.78. The van der Waals surface area contributed by atoms with Gasteiger partial charge in [-0.05, 0) is 37.6 Å². The first kappa shape index (κ1) is 25.9. The number of pyridine rings is 1. The van der Waals surface area contributed by atoms with Gasteiger partial charge in [-0.1, -0.05) is 33.8 Å². The smallest absolute Gasteiger partial charge is 0.353 e. The van der Waals surface area contributed by atoms with E-state index >= 15 is 0 Å². The third-order valence-corrected chi connectivity index (χ3v) is 8.54. The highest BCUT2D eigenvalue weighted by Crippen LogP contribution is 2.52. The molecule has 6 atom stereocenters. The van der Waals surface area contributed by atoms with Gasteiger partial charge in [-0.3, -0.25) is 9.78 Å². The number of amides is 1. The Morgan fingerprint density at radius 2 is 2.00 bits per heavy atom. The van der Waals surface area contributed by atoms with Crippen molar-refractivity contribution >= 4 is 32.7 Å². The number of hydrogen-bond acceptors (Lipinski definition) is 6. The van der Waals surface area contributed by atoms with Crippen LogP contribution < -0.4 is 0 Å². The minimum absolute atomic E-state index is 0.0524. The average Bonchev–Trinajstić information content (AvgIpc) is 2.94. The second-order valence-electron chi connectivity index (χ2n) is 10.3. The molecule has 0 aliphatic carbocycles. The topological polar surface area (TPSA) is 100.0 Å². The molecule has 1 aromatic rings. The van der Waals surface area contributed by atoms with Crippen LogP contribution in [0.25, 0.3) is 0 Å². The molecule has 1 amide bonds. The lowest BCUT2D eigenvalue weighted by Crippen LogP contribution is -2.63. The van der Waals surface area contributed by atoms with Crippen molar-refractivity contribution in [3.05, 3.63) is 40.7 Å². The number of nitrogens with zero attached hydrogens (tertiary/aromatic N) is 2. The van der Waals surface area contributed by atoms with Gasteiger partial charge in [0.2, 0.25) is 14.9 Å². The lowest BCUT2D eigenvalue weighted by atomic mass is 9.79. The highest BCUT2D eigenvalue weighted by atomic mass is 32.2. The zero-order valence-electron chi connectivity index (χ0n) is 20.4. The normalized spacial score (nSPS) is 25.7. The van der Waals surface area contributed by atoms with E-state index in [0.29, 0.717) is 11.3 Å². The van der Waals surface area contributed by atoms with Crippen LogP contribution in [0.2, 0.25) is 13.1 Å². The summed E-state index contributed by atoms with van der Waals surface area (Å²) in [5.74, 6) is -2.17. The van der Waals surface area contributed by atoms with Crippen molar-refractivity contribution in [3.8, 4) is 0 Å². The SMILES string of the molecule is C[C@@H](O)[C@H]1C(=O)N2C(C(=O)O)=C(SC(Cc3ccccn3)C(O[Si](C)C)C(C)(C)C)[C@H](C)[C@H]12. The van der Waals surface area contributed by atoms with Crippen molar-refractivity contribution in [1.82, 2.24) is 9.88 Å². The van der Waals surface area contributed by atoms with Crippen LogP contribution in [-0.2, 0) is 20.4 Å². The molecule has 7 nitrogen and oxygen atoms in total. The predicted molar refractivity (Wildman–Crippen MR) is 131 cm³/mol. The summed E-state index contributed by atoms with van der Waals surface area (Å²) in [6, 6.07) is 5.47. The van der Waals surface area contributed by atoms with Gasteiger partial charge >= 0.3 is 5.97 Å². The first-order chi connectivity index (χ1) is 15.3. The quantitative estimate of drug-likeness (QED) is 0.402. The molecule has 1 aromatic heterocycles. The number of aliphatic carboxylic acids is 1. The number of carbonyl (C=O) groups excluding carboxylic acids is 1. The van der Waals surface area contributed by atoms with Crippen molar-refractivity contribution in [1.29, 1.82) is 0 Å². The number of aliphatic hydroxyl groups excluding tert-OH is 1. The van der Waals surface area contributed by atoms with Gasteiger partial charge in [0.15, 0.2) is 0 Å². The summed E-state index contributed by atoms with van der Waals surface area (Å²) in [5, 5.41) is 20.1. The van der Waals surface area contributed by atoms with Gasteiger partial charge in [-0.25, -0.2) is 4.79 Å². The summed E-state index contributed by atoms with van der Waals surface area (Å²) in [6.45, 7) is 14.2. The molecule has 0 spiro atoms. The van der Waals surface area contributed by atoms with Crippen LogP contribution in [0.5, 0.6) is 0 Å². The van der Waals surface area contributed by atoms with E-state index in [4.69, 9.17) is 4.43 Å². The van der Waals surface area contributed by atoms with E-state index in [1.807, 2.05) is 25.1 Å². The van der Waals surface area contributed by atoms with Crippen LogP contribution in [-0.4, -0.2) is 64.5 Å². The number of thioether (sulfide) groups is 1. The molecule has 2 aliphatic rings. The van der Waals surface area contributed by atoms with Crippen molar-refractivity contribution in [2.24, 2.45) is 17.3 Å². The van der Waals surface area contributed by atoms with Crippen LogP contribution >= 0.6 is 11.8 Å². The molecule has 1 fully saturated rings. The molecule has 0 bridgehead atoms. The first-order valence-electron chi connectivity index (χ1n) is 11.4. The number of aliphatic hydroxyl groups is 1. The Bertz CT molecular complexity index is 915. The molecule has 3 rings (SSSR count). The Morgan fingerprint density at radius 3 is 2.48 bits per heavy atom. The van der Waals surface area contributed by atoms with E-state index in [-0.39, 0.29) is 40.3 Å². The van der Waals surface area contributed by atoms with E-state index in [2.05, 4.69) is 38.8 Å². The van der Waals surface area contributed by atoms with Crippen molar-refractivity contribution in [3.63, 3.8) is 0 Å². The zero-order valence-corrected chi connectivity index (χ0v) is 22.2. The van der Waals surface area contributed by atoms with Crippen molar-refractivity contribution in [2.45, 2.75) is 77.6 Å². The summed E-state index contributed by atoms with van der Waals surface area (Å²) in [7, 11) is -1.03. The van der Waals surface area contributed by atoms with Gasteiger partial charge in [0.25, 0.3) is 0 Å². The van der Waals surface area contributed by atoms with E-state index in [1.165, 1.54) is 16.7 Å². The number of β-lactam (4-membered cyclic amide) rings is 1. The Hall–Kier alpha value is -1.68. The van der Waals surface area contributed by atoms with E-state index in [9.17, 15) is 19.8 Å². The maximum Gasteiger partial charge on any atom is 0.353 e. The van der Waals surface area contributed by atoms with Crippen molar-refractivity contribution in [2.75, 3.05) is 0 Å². The summed E-state index contributed by atoms with van der Waals surface area (Å²) in [5.41, 5.74) is 0.784. The first-order valence-corrected chi connectivity index (χ1v) is 14.6. The summed E-state index contributed by atoms with van der Waals surface area (Å²) in [4.78, 5) is 31.6. The molecule has 181 valence electrons. The fourth-order valence-corrected chi connectivity index (χ4v) is 7.78. The highest BCUT2D eigenvalue weighted by Gasteiger charge is 2.60. The van der Waals surface area contributed by atoms with E-state index < -0.39 is 27.0 Å². The van der Waals surface area contributed by atoms with E-state index in [1.54, 1.807) is 13.1 Å². The van der Waals surface area contributed by atoms with Crippen LogP contribution in [0.3, 0.4) is 0 Å². The molecule has 1 radical (unpaired) electrons. The number of carbonyl (C=O) groups is 2. The van der Waals surface area contributed by atoms with E-state index in [0.717, 1.165) is 5.69 Å². The second-order valence-corrected chi connectivity index (χ2v) is 13.6. The summed E-state index contributed by atoms with van der Waals surface area (Å²) in [6.07, 6.45) is 1.42. The van der Waals surface area contributed by atoms with Gasteiger partial charge < -0.3 is 19.5 Å². The summed E-state index contributed by atoms with van der Waals surface area (Å²) >= 11 is 1.51. The third-order valence-electron chi connectivity index (χ3n) is 6.28. The van der Waals surface area contributed by atoms with Crippen LogP contribution in [0.1, 0.15) is 40.3 Å². The molecule has 2 unspecified atom stereocenters. The Balaban J connectivity index is 2.02. The number of aromatic nitrogens is 1. The maximum atomic E-state index is 12.7. The lowest BCUT2D eigenvalue weighted by molar-refractivity contribution is -0.163. The predicted octanol–water partition coefficient (Wildman–Crippen LogP) is 3.56. The fraction of sp³-hybridized carbons (Fsp3) is 0.625. The van der Waals surface area contributed by atoms with Gasteiger partial charge in [-0.15, -0.1) is 11.8 Å². The largest absolute Gasteiger partial charge is 0.477 e. The Morgan fingerprint density at radius 1 is 1.33 bits per heavy atom. The number of carboxylic acids is 1. The standard InChI is InChI=1S/C24H35N2O5SSi/c1-13-18-17(14(2)27)22(28)26(18)19(23(29)30)20(13)32-16(12-15-10-8-9-11-25-15)21(24(3,4)5)31-33(6)7/h8-11,13-14,16-18,21,27H,12H2,1-7H3,(H,29,30)/t13-,14-,16?,17-,18-,21?/m1/s1. The molecule has 1 saturated heterocycles. The van der Waals surface area contributed by atoms with Gasteiger partial charge in [-0.2, -0.15) is 0 Å². The summed E-state index contributed by atoms with van der Waals surface area (Å²) < 4.78 is 6.50.